The van der Waals surface area contributed by atoms with Crippen molar-refractivity contribution in [1.82, 2.24) is 9.80 Å². The summed E-state index contributed by atoms with van der Waals surface area (Å²) in [5.74, 6) is -3.51. The van der Waals surface area contributed by atoms with Gasteiger partial charge in [0, 0.05) is 82.8 Å². The molecule has 2 amide bonds. The third-order valence-corrected chi connectivity index (χ3v) is 11.9. The highest BCUT2D eigenvalue weighted by molar-refractivity contribution is 5.85. The van der Waals surface area contributed by atoms with E-state index >= 15 is 0 Å². The Morgan fingerprint density at radius 2 is 0.840 bits per heavy atom. The number of halogens is 2. The Morgan fingerprint density at radius 1 is 0.494 bits per heavy atom. The van der Waals surface area contributed by atoms with Crippen LogP contribution in [0.15, 0.2) is 109 Å². The highest BCUT2D eigenvalue weighted by atomic mass is 19.1. The summed E-state index contributed by atoms with van der Waals surface area (Å²) >= 11 is 0. The van der Waals surface area contributed by atoms with Gasteiger partial charge in [-0.2, -0.15) is 0 Å². The standard InChI is InChI=1S/C32H44FNO6.C20H24O3.C12H22FNO4.15H2/c1-30(2,3)24-17-15-22(16-18-24)19-26(28(36)38-21-23-13-11-10-12-14-23)39-27(35)25(20-32(7,8)33)34(9)29(37)40-31(4,5)6;1-20(2,3)17-11-9-15(10-12-17)13-18(21)19(22)23-14-16-7-5-4-6-8-16;1-11(2,3)18-10(17)14(6)8(9(15)16)7-12(4,5)13;;;;;;;;;;;;;;;/h10-18,25-26H,19-21H2,1-9H3;4-12,18,21H,13-14H2,1-3H3;8H,7H2,1-6H3,(H,15,16);15*1H/t25-,26+;18-;8-;;;;;;;;;;;;;;;/m010.............../s1/i;;;14*1+1D;1+1. The van der Waals surface area contributed by atoms with Gasteiger partial charge in [-0.05, 0) is 113 Å². The van der Waals surface area contributed by atoms with Crippen LogP contribution in [-0.2, 0) is 79.7 Å². The van der Waals surface area contributed by atoms with Gasteiger partial charge in [-0.3, -0.25) is 9.80 Å². The molecule has 0 fully saturated rings. The van der Waals surface area contributed by atoms with Crippen molar-refractivity contribution in [3.8, 4) is 0 Å². The number of amides is 2. The number of benzene rings is 4. The second-order valence-corrected chi connectivity index (χ2v) is 25.3. The molecule has 0 aliphatic rings. The van der Waals surface area contributed by atoms with Crippen LogP contribution in [0.2, 0.25) is 0 Å². The van der Waals surface area contributed by atoms with Gasteiger partial charge in [0.05, 0.1) is 0 Å². The lowest BCUT2D eigenvalue weighted by molar-refractivity contribution is -0.172. The fraction of sp³-hybridized carbons (Fsp3) is 0.531. The Labute approximate surface area is 524 Å². The number of carbonyl (C=O) groups is 6. The summed E-state index contributed by atoms with van der Waals surface area (Å²) in [7, 11) is 2.64. The van der Waals surface area contributed by atoms with E-state index in [1.807, 2.05) is 109 Å². The number of carbonyl (C=O) groups excluding carboxylic acids is 5. The number of esters is 3. The zero-order valence-electron chi connectivity index (χ0n) is 79.0. The fourth-order valence-electron chi connectivity index (χ4n) is 7.45. The minimum absolute atomic E-state index is 0. The van der Waals surface area contributed by atoms with Gasteiger partial charge in [0.1, 0.15) is 47.8 Å². The summed E-state index contributed by atoms with van der Waals surface area (Å²) in [6.07, 6.45) is -4.37. The second kappa shape index (κ2) is 30.3. The molecule has 4 atom stereocenters. The molecule has 0 spiro atoms. The SMILES string of the molecule is CC(C)(C)c1ccc(C[C@@H](O)C(=O)OCc2ccccc2)cc1.CN(C(=O)OC(C)(C)C)[C@@H](CC(C)(C)F)C(=O)O.CN(C(=O)OC(C)(C)C)[C@@H](CC(C)(C)F)C(=O)O[C@H](Cc1ccc(C(C)(C)C)cc1)C(=O)OCc1ccccc1.[2HH].[2H][2H].[2H][2H].[2H][2H].[2H][2H].[2H][2H].[2H][2H].[2H][2H].[2H][2H].[2H][2H].[2H][2H].[2H][2H].[2H][2H].[2H][2H].[2H][2H]. The summed E-state index contributed by atoms with van der Waals surface area (Å²) in [6, 6.07) is 31.7. The van der Waals surface area contributed by atoms with Gasteiger partial charge in [-0.1, -0.05) is 151 Å². The van der Waals surface area contributed by atoms with Crippen molar-refractivity contribution >= 4 is 36.1 Å². The van der Waals surface area contributed by atoms with Crippen molar-refractivity contribution in [2.24, 2.45) is 0 Å². The van der Waals surface area contributed by atoms with E-state index in [1.54, 1.807) is 41.5 Å². The van der Waals surface area contributed by atoms with E-state index in [2.05, 4.69) is 41.5 Å². The van der Waals surface area contributed by atoms with Crippen LogP contribution in [0.4, 0.5) is 18.4 Å². The first-order chi connectivity index (χ1) is 51.0. The van der Waals surface area contributed by atoms with Crippen molar-refractivity contribution in [1.29, 1.82) is 0 Å². The smallest absolute Gasteiger partial charge is 0.410 e. The molecule has 0 aromatic heterocycles. The number of hydrogen-bond acceptors (Lipinski definition) is 12. The van der Waals surface area contributed by atoms with Crippen molar-refractivity contribution in [2.75, 3.05) is 14.1 Å². The Morgan fingerprint density at radius 3 is 1.19 bits per heavy atom. The van der Waals surface area contributed by atoms with Gasteiger partial charge in [0.2, 0.25) is 6.10 Å². The zero-order chi connectivity index (χ0) is 89.9. The maximum absolute atomic E-state index is 14.8. The van der Waals surface area contributed by atoms with E-state index in [-0.39, 0.29) is 51.2 Å². The third-order valence-electron chi connectivity index (χ3n) is 11.9. The highest BCUT2D eigenvalue weighted by Gasteiger charge is 2.39. The van der Waals surface area contributed by atoms with Gasteiger partial charge in [0.25, 0.3) is 0 Å². The van der Waals surface area contributed by atoms with Crippen molar-refractivity contribution in [3.63, 3.8) is 0 Å². The molecule has 2 N–H and O–H groups in total. The molecule has 0 aliphatic heterocycles. The molecule has 478 valence electrons. The first-order valence-electron chi connectivity index (χ1n) is 41.1. The Bertz CT molecular complexity index is 2700. The molecule has 15 nitrogen and oxygen atoms in total. The maximum atomic E-state index is 14.8. The lowest BCUT2D eigenvalue weighted by atomic mass is 9.86. The van der Waals surface area contributed by atoms with E-state index in [0.29, 0.717) is 0 Å². The van der Waals surface area contributed by atoms with E-state index in [0.717, 1.165) is 37.6 Å². The number of rotatable bonds is 19. The molecule has 0 unspecified atom stereocenters. The number of aliphatic carboxylic acids is 1. The monoisotopic (exact) mass is 1190 g/mol. The molecule has 81 heavy (non-hydrogen) atoms. The number of hydrogen-bond donors (Lipinski definition) is 2. The molecular weight excluding hydrogens is 1040 g/mol. The maximum Gasteiger partial charge on any atom is 0.410 e. The fourth-order valence-corrected chi connectivity index (χ4v) is 7.45. The number of nitrogens with zero attached hydrogens (tertiary/aromatic N) is 2. The third kappa shape index (κ3) is 27.9. The molecular formula is C64H120F2N2O13. The first kappa shape index (κ1) is 49.9. The number of likely N-dealkylation sites (N-methyl/N-ethyl adjacent to an activating group) is 2. The van der Waals surface area contributed by atoms with Crippen LogP contribution >= 0.6 is 0 Å². The number of alkyl halides is 2. The van der Waals surface area contributed by atoms with Crippen LogP contribution in [0.3, 0.4) is 0 Å². The van der Waals surface area contributed by atoms with Crippen LogP contribution in [0.25, 0.3) is 0 Å². The van der Waals surface area contributed by atoms with Crippen molar-refractivity contribution in [2.45, 2.75) is 207 Å². The van der Waals surface area contributed by atoms with Crippen LogP contribution < -0.4 is 0 Å². The summed E-state index contributed by atoms with van der Waals surface area (Å²) in [5, 5.41) is 19.0. The number of carboxylic acids is 1. The minimum atomic E-state index is -1.81. The number of carboxylic acid groups (broad SMARTS) is 1. The summed E-state index contributed by atoms with van der Waals surface area (Å²) < 4.78 is 195. The molecule has 17 heteroatoms. The summed E-state index contributed by atoms with van der Waals surface area (Å²) in [5.41, 5.74) is 0.679. The second-order valence-electron chi connectivity index (χ2n) is 25.3. The topological polar surface area (TPSA) is 196 Å². The van der Waals surface area contributed by atoms with Gasteiger partial charge < -0.3 is 33.9 Å². The predicted molar refractivity (Wildman–Crippen MR) is 341 cm³/mol. The Hall–Kier alpha value is -6.88. The largest absolute Gasteiger partial charge is 0.480 e. The number of aliphatic hydroxyl groups excluding tert-OH is 1. The first-order valence-corrected chi connectivity index (χ1v) is 27.1. The predicted octanol–water partition coefficient (Wildman–Crippen LogP) is 16.3. The zero-order valence-corrected chi connectivity index (χ0v) is 51.0. The van der Waals surface area contributed by atoms with E-state index in [4.69, 9.17) is 70.4 Å². The van der Waals surface area contributed by atoms with Crippen LogP contribution in [0, 0.1) is 0 Å². The average molecular weight is 1190 g/mol. The van der Waals surface area contributed by atoms with Crippen molar-refractivity contribution < 1.29 is 114 Å². The Balaban J connectivity index is -0.0000000941. The summed E-state index contributed by atoms with van der Waals surface area (Å²) in [4.78, 5) is 76.0. The average Bonchev–Trinajstić information content (AvgIpc) is 0.862. The minimum Gasteiger partial charge on any atom is -0.480 e. The van der Waals surface area contributed by atoms with Crippen LogP contribution in [-0.4, -0.2) is 117 Å². The van der Waals surface area contributed by atoms with E-state index in [9.17, 15) is 42.7 Å². The molecule has 0 aliphatic carbocycles. The molecule has 0 saturated heterocycles. The van der Waals surface area contributed by atoms with Crippen molar-refractivity contribution in [3.05, 3.63) is 143 Å². The van der Waals surface area contributed by atoms with Crippen LogP contribution in [0.5, 0.6) is 0 Å². The van der Waals surface area contributed by atoms with Gasteiger partial charge in [0.15, 0.2) is 6.10 Å². The molecule has 4 aromatic carbocycles. The molecule has 4 aromatic rings. The molecule has 4 rings (SSSR count). The lowest BCUT2D eigenvalue weighted by Crippen LogP contribution is -2.49. The normalized spacial score (nSPS) is 14.8. The van der Waals surface area contributed by atoms with Crippen LogP contribution in [0.1, 0.15) is 200 Å². The van der Waals surface area contributed by atoms with E-state index < -0.39 is 82.9 Å². The highest BCUT2D eigenvalue weighted by Crippen LogP contribution is 2.27. The number of aliphatic hydroxyl groups is 1. The molecule has 0 saturated carbocycles. The lowest BCUT2D eigenvalue weighted by Gasteiger charge is -2.32. The van der Waals surface area contributed by atoms with Gasteiger partial charge in [-0.25, -0.2) is 37.5 Å². The van der Waals surface area contributed by atoms with Gasteiger partial charge in [-0.15, -0.1) is 0 Å². The van der Waals surface area contributed by atoms with Gasteiger partial charge >= 0.3 is 36.1 Å². The Kier molecular flexibility index (Phi) is 18.6. The quantitative estimate of drug-likeness (QED) is 0.0665. The molecule has 0 radical (unpaired) electrons. The number of ether oxygens (including phenoxy) is 5. The summed E-state index contributed by atoms with van der Waals surface area (Å²) in [6.45, 7) is 28.2. The molecule has 0 bridgehead atoms. The molecule has 0 heterocycles. The van der Waals surface area contributed by atoms with E-state index in [1.165, 1.54) is 47.4 Å².